The molecule has 0 unspecified atom stereocenters. The normalized spacial score (nSPS) is 15.2. The maximum atomic E-state index is 11.4. The van der Waals surface area contributed by atoms with Crippen LogP contribution in [0, 0.1) is 0 Å². The maximum Gasteiger partial charge on any atom is 0.341 e. The van der Waals surface area contributed by atoms with Gasteiger partial charge in [0.1, 0.15) is 0 Å². The van der Waals surface area contributed by atoms with Crippen molar-refractivity contribution in [2.24, 2.45) is 0 Å². The molecule has 1 aliphatic carbocycles. The van der Waals surface area contributed by atoms with Crippen LogP contribution in [0.4, 0.5) is 0 Å². The van der Waals surface area contributed by atoms with Crippen LogP contribution in [0.1, 0.15) is 42.4 Å². The van der Waals surface area contributed by atoms with Gasteiger partial charge in [-0.2, -0.15) is 0 Å². The Kier molecular flexibility index (Phi) is 3.82. The van der Waals surface area contributed by atoms with Crippen LogP contribution < -0.4 is 0 Å². The van der Waals surface area contributed by atoms with Gasteiger partial charge in [0.25, 0.3) is 0 Å². The van der Waals surface area contributed by atoms with Crippen LogP contribution in [0.2, 0.25) is 0 Å². The maximum absolute atomic E-state index is 11.4. The number of hydrogen-bond acceptors (Lipinski definition) is 5. The summed E-state index contributed by atoms with van der Waals surface area (Å²) in [5.41, 5.74) is 1.16. The van der Waals surface area contributed by atoms with Crippen molar-refractivity contribution in [1.29, 1.82) is 0 Å². The van der Waals surface area contributed by atoms with Crippen LogP contribution in [-0.2, 0) is 9.53 Å². The molecular formula is C13H14N2O3. The van der Waals surface area contributed by atoms with E-state index in [4.69, 9.17) is 4.74 Å². The molecule has 5 heteroatoms. The Morgan fingerprint density at radius 2 is 2.06 bits per heavy atom. The van der Waals surface area contributed by atoms with E-state index in [0.717, 1.165) is 18.4 Å². The Balaban J connectivity index is 2.17. The van der Waals surface area contributed by atoms with Gasteiger partial charge in [0, 0.05) is 24.4 Å². The lowest BCUT2D eigenvalue weighted by molar-refractivity contribution is -0.114. The zero-order chi connectivity index (χ0) is 13.0. The Morgan fingerprint density at radius 1 is 1.33 bits per heavy atom. The van der Waals surface area contributed by atoms with Gasteiger partial charge < -0.3 is 4.74 Å². The SMILES string of the molecule is CCOC(=O)c1cnc(C2=CC(=O)CCC2)nc1. The molecule has 0 N–H and O–H groups in total. The summed E-state index contributed by atoms with van der Waals surface area (Å²) in [5.74, 6) is 0.183. The zero-order valence-electron chi connectivity index (χ0n) is 10.2. The molecule has 1 aromatic heterocycles. The highest BCUT2D eigenvalue weighted by atomic mass is 16.5. The molecule has 18 heavy (non-hydrogen) atoms. The molecule has 0 radical (unpaired) electrons. The highest BCUT2D eigenvalue weighted by Gasteiger charge is 2.14. The molecule has 1 heterocycles. The van der Waals surface area contributed by atoms with E-state index in [2.05, 4.69) is 9.97 Å². The van der Waals surface area contributed by atoms with E-state index < -0.39 is 5.97 Å². The Morgan fingerprint density at radius 3 is 2.67 bits per heavy atom. The Labute approximate surface area is 105 Å². The third-order valence-electron chi connectivity index (χ3n) is 2.65. The van der Waals surface area contributed by atoms with E-state index in [1.165, 1.54) is 12.4 Å². The predicted octanol–water partition coefficient (Wildman–Crippen LogP) is 1.79. The molecule has 1 aromatic rings. The minimum atomic E-state index is -0.433. The van der Waals surface area contributed by atoms with Crippen molar-refractivity contribution < 1.29 is 14.3 Å². The molecule has 94 valence electrons. The van der Waals surface area contributed by atoms with Crippen molar-refractivity contribution in [2.75, 3.05) is 6.61 Å². The van der Waals surface area contributed by atoms with Gasteiger partial charge in [-0.1, -0.05) is 0 Å². The van der Waals surface area contributed by atoms with Crippen LogP contribution in [0.25, 0.3) is 5.57 Å². The fourth-order valence-corrected chi connectivity index (χ4v) is 1.78. The average Bonchev–Trinajstić information content (AvgIpc) is 2.39. The lowest BCUT2D eigenvalue weighted by Crippen LogP contribution is -2.08. The van der Waals surface area contributed by atoms with E-state index in [0.29, 0.717) is 24.4 Å². The van der Waals surface area contributed by atoms with Gasteiger partial charge in [-0.05, 0) is 25.8 Å². The van der Waals surface area contributed by atoms with Crippen LogP contribution in [0.3, 0.4) is 0 Å². The van der Waals surface area contributed by atoms with Crippen LogP contribution in [0.15, 0.2) is 18.5 Å². The molecule has 0 aromatic carbocycles. The summed E-state index contributed by atoms with van der Waals surface area (Å²) in [6.07, 6.45) is 6.66. The molecule has 0 saturated carbocycles. The standard InChI is InChI=1S/C13H14N2O3/c1-2-18-13(17)10-7-14-12(15-8-10)9-4-3-5-11(16)6-9/h6-8H,2-5H2,1H3. The summed E-state index contributed by atoms with van der Waals surface area (Å²) in [6, 6.07) is 0. The highest BCUT2D eigenvalue weighted by molar-refractivity contribution is 5.97. The van der Waals surface area contributed by atoms with E-state index in [1.807, 2.05) is 0 Å². The Hall–Kier alpha value is -2.04. The number of rotatable bonds is 3. The molecule has 0 amide bonds. The summed E-state index contributed by atoms with van der Waals surface area (Å²) in [7, 11) is 0. The molecule has 5 nitrogen and oxygen atoms in total. The second kappa shape index (κ2) is 5.53. The zero-order valence-corrected chi connectivity index (χ0v) is 10.2. The van der Waals surface area contributed by atoms with Gasteiger partial charge in [0.15, 0.2) is 11.6 Å². The topological polar surface area (TPSA) is 69.2 Å². The second-order valence-corrected chi connectivity index (χ2v) is 4.01. The molecule has 0 bridgehead atoms. The largest absolute Gasteiger partial charge is 0.462 e. The molecule has 0 aliphatic heterocycles. The first kappa shape index (κ1) is 12.4. The molecule has 1 aliphatic rings. The fourth-order valence-electron chi connectivity index (χ4n) is 1.78. The van der Waals surface area contributed by atoms with Gasteiger partial charge in [0.05, 0.1) is 12.2 Å². The van der Waals surface area contributed by atoms with Crippen molar-refractivity contribution >= 4 is 17.3 Å². The van der Waals surface area contributed by atoms with Gasteiger partial charge in [0.2, 0.25) is 0 Å². The van der Waals surface area contributed by atoms with Gasteiger partial charge in [-0.15, -0.1) is 0 Å². The third kappa shape index (κ3) is 2.80. The summed E-state index contributed by atoms with van der Waals surface area (Å²) in [5, 5.41) is 0. The molecule has 0 fully saturated rings. The Bertz CT molecular complexity index is 491. The van der Waals surface area contributed by atoms with Gasteiger partial charge in [-0.3, -0.25) is 4.79 Å². The number of esters is 1. The summed E-state index contributed by atoms with van der Waals surface area (Å²) < 4.78 is 4.84. The number of allylic oxidation sites excluding steroid dienone is 2. The molecular weight excluding hydrogens is 232 g/mol. The van der Waals surface area contributed by atoms with Gasteiger partial charge in [-0.25, -0.2) is 14.8 Å². The summed E-state index contributed by atoms with van der Waals surface area (Å²) >= 11 is 0. The first-order valence-electron chi connectivity index (χ1n) is 5.93. The average molecular weight is 246 g/mol. The predicted molar refractivity (Wildman–Crippen MR) is 64.8 cm³/mol. The minimum Gasteiger partial charge on any atom is -0.462 e. The first-order chi connectivity index (χ1) is 8.70. The molecule has 0 atom stereocenters. The number of nitrogens with zero attached hydrogens (tertiary/aromatic N) is 2. The number of ketones is 1. The van der Waals surface area contributed by atoms with E-state index in [9.17, 15) is 9.59 Å². The lowest BCUT2D eigenvalue weighted by atomic mass is 9.98. The van der Waals surface area contributed by atoms with Crippen molar-refractivity contribution in [3.05, 3.63) is 29.9 Å². The van der Waals surface area contributed by atoms with E-state index in [1.54, 1.807) is 13.0 Å². The van der Waals surface area contributed by atoms with Crippen molar-refractivity contribution in [1.82, 2.24) is 9.97 Å². The summed E-state index contributed by atoms with van der Waals surface area (Å²) in [6.45, 7) is 2.06. The van der Waals surface area contributed by atoms with Crippen molar-refractivity contribution in [3.8, 4) is 0 Å². The lowest BCUT2D eigenvalue weighted by Gasteiger charge is -2.10. The first-order valence-corrected chi connectivity index (χ1v) is 5.93. The second-order valence-electron chi connectivity index (χ2n) is 4.01. The highest BCUT2D eigenvalue weighted by Crippen LogP contribution is 2.22. The third-order valence-corrected chi connectivity index (χ3v) is 2.65. The van der Waals surface area contributed by atoms with Crippen LogP contribution in [0.5, 0.6) is 0 Å². The van der Waals surface area contributed by atoms with Crippen molar-refractivity contribution in [2.45, 2.75) is 26.2 Å². The number of aromatic nitrogens is 2. The molecule has 0 spiro atoms. The van der Waals surface area contributed by atoms with E-state index in [-0.39, 0.29) is 5.78 Å². The molecule has 0 saturated heterocycles. The van der Waals surface area contributed by atoms with Crippen LogP contribution in [-0.4, -0.2) is 28.3 Å². The van der Waals surface area contributed by atoms with Gasteiger partial charge >= 0.3 is 5.97 Å². The smallest absolute Gasteiger partial charge is 0.341 e. The number of carbonyl (C=O) groups is 2. The monoisotopic (exact) mass is 246 g/mol. The summed E-state index contributed by atoms with van der Waals surface area (Å²) in [4.78, 5) is 30.9. The number of hydrogen-bond donors (Lipinski definition) is 0. The van der Waals surface area contributed by atoms with Crippen molar-refractivity contribution in [3.63, 3.8) is 0 Å². The van der Waals surface area contributed by atoms with E-state index >= 15 is 0 Å². The number of carbonyl (C=O) groups excluding carboxylic acids is 2. The number of ether oxygens (including phenoxy) is 1. The minimum absolute atomic E-state index is 0.106. The molecule has 2 rings (SSSR count). The fraction of sp³-hybridized carbons (Fsp3) is 0.385. The van der Waals surface area contributed by atoms with Crippen LogP contribution >= 0.6 is 0 Å². The quantitative estimate of drug-likeness (QED) is 0.760.